The second kappa shape index (κ2) is 3.25. The summed E-state index contributed by atoms with van der Waals surface area (Å²) in [5.41, 5.74) is 0. The fourth-order valence-corrected chi connectivity index (χ4v) is 1.44. The van der Waals surface area contributed by atoms with Crippen molar-refractivity contribution in [3.05, 3.63) is 28.7 Å². The number of nitrogens with two attached hydrogens (primary N) is 1. The molecule has 0 amide bonds. The van der Waals surface area contributed by atoms with Crippen molar-refractivity contribution in [1.29, 1.82) is 0 Å². The van der Waals surface area contributed by atoms with E-state index in [4.69, 9.17) is 5.14 Å². The van der Waals surface area contributed by atoms with Crippen molar-refractivity contribution in [2.45, 2.75) is 4.90 Å². The second-order valence-electron chi connectivity index (χ2n) is 1.55. The fraction of sp³-hybridized carbons (Fsp3) is 0. The van der Waals surface area contributed by atoms with E-state index in [-0.39, 0.29) is 0 Å². The van der Waals surface area contributed by atoms with Gasteiger partial charge in [0.2, 0.25) is 0 Å². The minimum absolute atomic E-state index is 1.05. The number of halogens is 1. The summed E-state index contributed by atoms with van der Waals surface area (Å²) in [6, 6.07) is 7.85. The minimum Gasteiger partial charge on any atom is -0.274 e. The zero-order valence-electron chi connectivity index (χ0n) is 4.67. The van der Waals surface area contributed by atoms with Crippen molar-refractivity contribution in [3.8, 4) is 0 Å². The Bertz CT molecular complexity index is 202. The summed E-state index contributed by atoms with van der Waals surface area (Å²) in [7, 11) is 0. The summed E-state index contributed by atoms with van der Waals surface area (Å²) in [6.45, 7) is 0. The molecule has 1 nitrogen and oxygen atoms in total. The van der Waals surface area contributed by atoms with Crippen molar-refractivity contribution in [1.82, 2.24) is 0 Å². The molecule has 48 valence electrons. The molecule has 0 bridgehead atoms. The first-order chi connectivity index (χ1) is 4.34. The predicted octanol–water partition coefficient (Wildman–Crippen LogP) is 2.41. The summed E-state index contributed by atoms with van der Waals surface area (Å²) < 4.78 is 1.05. The molecular weight excluding hydrogens is 198 g/mol. The number of hydrogen-bond acceptors (Lipinski definition) is 2. The van der Waals surface area contributed by atoms with Gasteiger partial charge in [0.15, 0.2) is 0 Å². The Morgan fingerprint density at radius 1 is 1.33 bits per heavy atom. The average molecular weight is 204 g/mol. The Kier molecular flexibility index (Phi) is 2.57. The lowest BCUT2D eigenvalue weighted by Gasteiger charge is -1.95. The van der Waals surface area contributed by atoms with Crippen LogP contribution in [-0.2, 0) is 0 Å². The topological polar surface area (TPSA) is 26.0 Å². The monoisotopic (exact) mass is 203 g/mol. The lowest BCUT2D eigenvalue weighted by atomic mass is 10.4. The molecule has 0 aliphatic rings. The van der Waals surface area contributed by atoms with Crippen LogP contribution in [0.2, 0.25) is 0 Å². The quantitative estimate of drug-likeness (QED) is 0.711. The van der Waals surface area contributed by atoms with Crippen LogP contribution >= 0.6 is 27.9 Å². The molecule has 0 saturated carbocycles. The highest BCUT2D eigenvalue weighted by Crippen LogP contribution is 2.22. The first-order valence-corrected chi connectivity index (χ1v) is 4.13. The lowest BCUT2D eigenvalue weighted by Crippen LogP contribution is -1.78. The molecule has 0 saturated heterocycles. The van der Waals surface area contributed by atoms with E-state index < -0.39 is 0 Å². The minimum atomic E-state index is 1.05. The molecule has 0 radical (unpaired) electrons. The van der Waals surface area contributed by atoms with Gasteiger partial charge < -0.3 is 0 Å². The Morgan fingerprint density at radius 3 is 2.44 bits per heavy atom. The maximum atomic E-state index is 5.34. The summed E-state index contributed by atoms with van der Waals surface area (Å²) in [6.07, 6.45) is 0. The third-order valence-corrected chi connectivity index (χ3v) is 2.53. The molecule has 0 unspecified atom stereocenters. The third kappa shape index (κ3) is 1.71. The highest BCUT2D eigenvalue weighted by molar-refractivity contribution is 9.10. The lowest BCUT2D eigenvalue weighted by molar-refractivity contribution is 1.41. The molecule has 0 aliphatic heterocycles. The summed E-state index contributed by atoms with van der Waals surface area (Å²) in [4.78, 5) is 1.07. The molecule has 0 atom stereocenters. The van der Waals surface area contributed by atoms with Crippen molar-refractivity contribution in [3.63, 3.8) is 0 Å². The van der Waals surface area contributed by atoms with Crippen LogP contribution in [0.25, 0.3) is 0 Å². The van der Waals surface area contributed by atoms with Crippen LogP contribution in [-0.4, -0.2) is 0 Å². The molecule has 2 N–H and O–H groups in total. The average Bonchev–Trinajstić information content (AvgIpc) is 1.89. The van der Waals surface area contributed by atoms with E-state index in [0.717, 1.165) is 9.37 Å². The van der Waals surface area contributed by atoms with Gasteiger partial charge in [0.1, 0.15) is 0 Å². The van der Waals surface area contributed by atoms with Crippen molar-refractivity contribution < 1.29 is 0 Å². The highest BCUT2D eigenvalue weighted by Gasteiger charge is 1.92. The SMILES string of the molecule is NSc1ccccc1Br. The molecule has 0 spiro atoms. The Hall–Kier alpha value is 0.01000. The molecular formula is C6H6BrNS. The molecule has 0 fully saturated rings. The maximum Gasteiger partial charge on any atom is 0.0368 e. The van der Waals surface area contributed by atoms with Crippen LogP contribution in [0.5, 0.6) is 0 Å². The predicted molar refractivity (Wildman–Crippen MR) is 44.2 cm³/mol. The highest BCUT2D eigenvalue weighted by atomic mass is 79.9. The molecule has 9 heavy (non-hydrogen) atoms. The van der Waals surface area contributed by atoms with Gasteiger partial charge in [0, 0.05) is 9.37 Å². The van der Waals surface area contributed by atoms with Gasteiger partial charge in [-0.05, 0) is 40.0 Å². The van der Waals surface area contributed by atoms with E-state index >= 15 is 0 Å². The maximum absolute atomic E-state index is 5.34. The van der Waals surface area contributed by atoms with E-state index in [0.29, 0.717) is 0 Å². The van der Waals surface area contributed by atoms with E-state index in [1.165, 1.54) is 11.9 Å². The van der Waals surface area contributed by atoms with E-state index in [1.54, 1.807) is 0 Å². The number of rotatable bonds is 1. The summed E-state index contributed by atoms with van der Waals surface area (Å²) in [5.74, 6) is 0. The van der Waals surface area contributed by atoms with Crippen LogP contribution < -0.4 is 5.14 Å². The van der Waals surface area contributed by atoms with Gasteiger partial charge in [-0.1, -0.05) is 12.1 Å². The smallest absolute Gasteiger partial charge is 0.0368 e. The summed E-state index contributed by atoms with van der Waals surface area (Å²) >= 11 is 4.60. The van der Waals surface area contributed by atoms with Crippen LogP contribution in [0.1, 0.15) is 0 Å². The number of hydrogen-bond donors (Lipinski definition) is 1. The van der Waals surface area contributed by atoms with Crippen molar-refractivity contribution >= 4 is 27.9 Å². The van der Waals surface area contributed by atoms with Crippen LogP contribution in [0.3, 0.4) is 0 Å². The van der Waals surface area contributed by atoms with Crippen LogP contribution in [0.4, 0.5) is 0 Å². The fourth-order valence-electron chi connectivity index (χ4n) is 0.540. The van der Waals surface area contributed by atoms with Gasteiger partial charge >= 0.3 is 0 Å². The zero-order chi connectivity index (χ0) is 6.69. The van der Waals surface area contributed by atoms with Crippen molar-refractivity contribution in [2.24, 2.45) is 5.14 Å². The second-order valence-corrected chi connectivity index (χ2v) is 3.08. The van der Waals surface area contributed by atoms with Crippen LogP contribution in [0, 0.1) is 0 Å². The first-order valence-electron chi connectivity index (χ1n) is 2.46. The third-order valence-electron chi connectivity index (χ3n) is 0.964. The van der Waals surface area contributed by atoms with Crippen molar-refractivity contribution in [2.75, 3.05) is 0 Å². The normalized spacial score (nSPS) is 9.56. The van der Waals surface area contributed by atoms with Gasteiger partial charge in [-0.15, -0.1) is 0 Å². The van der Waals surface area contributed by atoms with Gasteiger partial charge in [-0.3, -0.25) is 5.14 Å². The van der Waals surface area contributed by atoms with Gasteiger partial charge in [-0.25, -0.2) is 0 Å². The molecule has 0 heterocycles. The molecule has 1 aromatic rings. The largest absolute Gasteiger partial charge is 0.274 e. The molecule has 0 aromatic heterocycles. The summed E-state index contributed by atoms with van der Waals surface area (Å²) in [5, 5.41) is 5.34. The molecule has 1 aromatic carbocycles. The molecule has 1 rings (SSSR count). The molecule has 3 heteroatoms. The Labute approximate surface area is 66.9 Å². The van der Waals surface area contributed by atoms with Gasteiger partial charge in [-0.2, -0.15) is 0 Å². The standard InChI is InChI=1S/C6H6BrNS/c7-5-3-1-2-4-6(5)9-8/h1-4H,8H2. The van der Waals surface area contributed by atoms with Gasteiger partial charge in [0.05, 0.1) is 0 Å². The van der Waals surface area contributed by atoms with Crippen LogP contribution in [0.15, 0.2) is 33.6 Å². The zero-order valence-corrected chi connectivity index (χ0v) is 7.08. The Morgan fingerprint density at radius 2 is 2.00 bits per heavy atom. The van der Waals surface area contributed by atoms with E-state index in [9.17, 15) is 0 Å². The first kappa shape index (κ1) is 7.12. The number of benzene rings is 1. The molecule has 0 aliphatic carbocycles. The van der Waals surface area contributed by atoms with Gasteiger partial charge in [0.25, 0.3) is 0 Å². The van der Waals surface area contributed by atoms with E-state index in [2.05, 4.69) is 15.9 Å². The Balaban J connectivity index is 3.01. The van der Waals surface area contributed by atoms with E-state index in [1.807, 2.05) is 24.3 Å².